The Kier molecular flexibility index (Phi) is 5.73. The predicted molar refractivity (Wildman–Crippen MR) is 72.2 cm³/mol. The van der Waals surface area contributed by atoms with E-state index in [0.29, 0.717) is 0 Å². The molecule has 0 aromatic heterocycles. The molecule has 10 heteroatoms. The van der Waals surface area contributed by atoms with E-state index in [1.807, 2.05) is 0 Å². The first-order valence-corrected chi connectivity index (χ1v) is 7.22. The molecule has 0 bridgehead atoms. The van der Waals surface area contributed by atoms with Crippen molar-refractivity contribution in [1.29, 1.82) is 0 Å². The number of rotatable bonds is 4. The summed E-state index contributed by atoms with van der Waals surface area (Å²) < 4.78 is 31.1. The maximum Gasteiger partial charge on any atom is 0.332 e. The van der Waals surface area contributed by atoms with E-state index in [9.17, 15) is 19.2 Å². The van der Waals surface area contributed by atoms with Gasteiger partial charge in [-0.3, -0.25) is 14.4 Å². The molecule has 0 aromatic carbocycles. The maximum absolute atomic E-state index is 11.5. The number of ether oxygens (including phenoxy) is 6. The number of hydrogen-bond acceptors (Lipinski definition) is 10. The summed E-state index contributed by atoms with van der Waals surface area (Å²) in [6, 6.07) is 0. The molecule has 0 amide bonds. The Labute approximate surface area is 137 Å². The first-order chi connectivity index (χ1) is 11.3. The molecule has 0 aliphatic carbocycles. The maximum atomic E-state index is 11.5. The lowest BCUT2D eigenvalue weighted by molar-refractivity contribution is -0.323. The van der Waals surface area contributed by atoms with Gasteiger partial charge in [0.1, 0.15) is 19.3 Å². The van der Waals surface area contributed by atoms with Crippen molar-refractivity contribution in [1.82, 2.24) is 0 Å². The second-order valence-electron chi connectivity index (χ2n) is 5.26. The van der Waals surface area contributed by atoms with Gasteiger partial charge in [-0.1, -0.05) is 0 Å². The van der Waals surface area contributed by atoms with E-state index in [1.54, 1.807) is 0 Å². The largest absolute Gasteiger partial charge is 0.463 e. The molecular weight excluding hydrogens is 328 g/mol. The third-order valence-corrected chi connectivity index (χ3v) is 3.28. The Balaban J connectivity index is 2.27. The van der Waals surface area contributed by atoms with Crippen LogP contribution in [0.3, 0.4) is 0 Å². The zero-order valence-electron chi connectivity index (χ0n) is 13.4. The first-order valence-electron chi connectivity index (χ1n) is 7.22. The molecule has 0 saturated carbocycles. The van der Waals surface area contributed by atoms with Crippen LogP contribution in [-0.4, -0.2) is 67.8 Å². The van der Waals surface area contributed by atoms with Crippen molar-refractivity contribution in [2.45, 2.75) is 51.5 Å². The summed E-state index contributed by atoms with van der Waals surface area (Å²) in [4.78, 5) is 45.3. The molecule has 0 spiro atoms. The van der Waals surface area contributed by atoms with Gasteiger partial charge in [-0.2, -0.15) is 0 Å². The predicted octanol–water partition coefficient (Wildman–Crippen LogP) is -0.920. The van der Waals surface area contributed by atoms with E-state index in [1.165, 1.54) is 6.92 Å². The summed E-state index contributed by atoms with van der Waals surface area (Å²) in [5.74, 6) is -2.58. The lowest BCUT2D eigenvalue weighted by Gasteiger charge is -2.45. The van der Waals surface area contributed by atoms with Crippen LogP contribution >= 0.6 is 0 Å². The Morgan fingerprint density at radius 1 is 1.04 bits per heavy atom. The van der Waals surface area contributed by atoms with Crippen molar-refractivity contribution in [2.24, 2.45) is 0 Å². The lowest BCUT2D eigenvalue weighted by atomic mass is 9.98. The fraction of sp³-hybridized carbons (Fsp3) is 0.714. The molecule has 0 N–H and O–H groups in total. The van der Waals surface area contributed by atoms with Gasteiger partial charge in [-0.15, -0.1) is 0 Å². The van der Waals surface area contributed by atoms with Crippen molar-refractivity contribution in [2.75, 3.05) is 13.2 Å². The Bertz CT molecular complexity index is 530. The number of carbonyl (C=O) groups is 4. The van der Waals surface area contributed by atoms with Crippen LogP contribution in [0.1, 0.15) is 20.8 Å². The molecule has 134 valence electrons. The third-order valence-electron chi connectivity index (χ3n) is 3.28. The quantitative estimate of drug-likeness (QED) is 0.466. The molecule has 2 rings (SSSR count). The Morgan fingerprint density at radius 2 is 1.67 bits per heavy atom. The van der Waals surface area contributed by atoms with Gasteiger partial charge in [-0.25, -0.2) is 4.79 Å². The number of hydrogen-bond donors (Lipinski definition) is 0. The van der Waals surface area contributed by atoms with Crippen LogP contribution in [0.15, 0.2) is 0 Å². The van der Waals surface area contributed by atoms with E-state index in [-0.39, 0.29) is 13.2 Å². The molecule has 10 nitrogen and oxygen atoms in total. The van der Waals surface area contributed by atoms with Crippen LogP contribution in [-0.2, 0) is 47.6 Å². The fourth-order valence-electron chi connectivity index (χ4n) is 2.47. The van der Waals surface area contributed by atoms with Gasteiger partial charge in [-0.05, 0) is 0 Å². The average Bonchev–Trinajstić information content (AvgIpc) is 2.47. The highest BCUT2D eigenvalue weighted by Gasteiger charge is 2.54. The number of carbonyl (C=O) groups excluding carboxylic acids is 4. The summed E-state index contributed by atoms with van der Waals surface area (Å²) in [5, 5.41) is 0. The molecule has 0 aromatic rings. The lowest BCUT2D eigenvalue weighted by Crippen LogP contribution is -2.64. The number of esters is 4. The Morgan fingerprint density at radius 3 is 2.25 bits per heavy atom. The molecule has 24 heavy (non-hydrogen) atoms. The summed E-state index contributed by atoms with van der Waals surface area (Å²) >= 11 is 0. The fourth-order valence-corrected chi connectivity index (χ4v) is 2.47. The van der Waals surface area contributed by atoms with Crippen LogP contribution in [0.25, 0.3) is 0 Å². The highest BCUT2D eigenvalue weighted by Crippen LogP contribution is 2.31. The summed E-state index contributed by atoms with van der Waals surface area (Å²) in [6.07, 6.45) is -5.40. The summed E-state index contributed by atoms with van der Waals surface area (Å²) in [6.45, 7) is 2.91. The minimum Gasteiger partial charge on any atom is -0.463 e. The van der Waals surface area contributed by atoms with Crippen molar-refractivity contribution in [3.8, 4) is 0 Å². The molecule has 2 aliphatic heterocycles. The molecule has 2 aliphatic rings. The van der Waals surface area contributed by atoms with Crippen molar-refractivity contribution < 1.29 is 47.6 Å². The van der Waals surface area contributed by atoms with E-state index in [0.717, 1.165) is 13.8 Å². The molecule has 2 heterocycles. The van der Waals surface area contributed by atoms with E-state index in [2.05, 4.69) is 0 Å². The minimum absolute atomic E-state index is 0.258. The molecule has 2 fully saturated rings. The second kappa shape index (κ2) is 7.58. The molecule has 5 atom stereocenters. The van der Waals surface area contributed by atoms with Crippen LogP contribution in [0.2, 0.25) is 0 Å². The summed E-state index contributed by atoms with van der Waals surface area (Å²) in [7, 11) is 0. The third kappa shape index (κ3) is 4.42. The Hall–Kier alpha value is -2.20. The second-order valence-corrected chi connectivity index (χ2v) is 5.26. The normalized spacial score (nSPS) is 32.1. The van der Waals surface area contributed by atoms with Gasteiger partial charge in [0.15, 0.2) is 24.6 Å². The topological polar surface area (TPSA) is 124 Å². The van der Waals surface area contributed by atoms with Crippen LogP contribution < -0.4 is 0 Å². The van der Waals surface area contributed by atoms with Gasteiger partial charge in [0.2, 0.25) is 0 Å². The van der Waals surface area contributed by atoms with Crippen LogP contribution in [0, 0.1) is 0 Å². The zero-order chi connectivity index (χ0) is 17.9. The van der Waals surface area contributed by atoms with Crippen LogP contribution in [0.4, 0.5) is 0 Å². The minimum atomic E-state index is -1.16. The average molecular weight is 346 g/mol. The first kappa shape index (κ1) is 18.1. The van der Waals surface area contributed by atoms with Gasteiger partial charge < -0.3 is 28.4 Å². The SMILES string of the molecule is CC(=O)OC[C@H]1O[C@H]2OCC(=O)O[C@H]2[C@@H](OC(C)=O)[C@@H]1OC(C)=O. The van der Waals surface area contributed by atoms with Gasteiger partial charge in [0.05, 0.1) is 0 Å². The van der Waals surface area contributed by atoms with Crippen LogP contribution in [0.5, 0.6) is 0 Å². The van der Waals surface area contributed by atoms with Crippen molar-refractivity contribution in [3.63, 3.8) is 0 Å². The van der Waals surface area contributed by atoms with E-state index in [4.69, 9.17) is 28.4 Å². The van der Waals surface area contributed by atoms with Crippen molar-refractivity contribution in [3.05, 3.63) is 0 Å². The van der Waals surface area contributed by atoms with Gasteiger partial charge >= 0.3 is 23.9 Å². The number of fused-ring (bicyclic) bond motifs is 1. The smallest absolute Gasteiger partial charge is 0.332 e. The van der Waals surface area contributed by atoms with Crippen molar-refractivity contribution >= 4 is 23.9 Å². The molecular formula is C14H18O10. The molecule has 2 saturated heterocycles. The van der Waals surface area contributed by atoms with E-state index < -0.39 is 54.6 Å². The van der Waals surface area contributed by atoms with Gasteiger partial charge in [0.25, 0.3) is 0 Å². The highest BCUT2D eigenvalue weighted by molar-refractivity contribution is 5.72. The summed E-state index contributed by atoms with van der Waals surface area (Å²) in [5.41, 5.74) is 0. The van der Waals surface area contributed by atoms with E-state index >= 15 is 0 Å². The zero-order valence-corrected chi connectivity index (χ0v) is 13.4. The molecule has 0 radical (unpaired) electrons. The monoisotopic (exact) mass is 346 g/mol. The molecule has 0 unspecified atom stereocenters. The highest BCUT2D eigenvalue weighted by atomic mass is 16.8. The standard InChI is InChI=1S/C14H18O10/c1-6(15)19-4-9-11(21-7(2)16)12(22-8(3)17)13-14(23-9)20-5-10(18)24-13/h9,11-14H,4-5H2,1-3H3/t9-,11-,12+,13+,14-/m1/s1. The van der Waals surface area contributed by atoms with Gasteiger partial charge in [0, 0.05) is 20.8 Å².